The Labute approximate surface area is 116 Å². The number of hydrogen-bond acceptors (Lipinski definition) is 2. The van der Waals surface area contributed by atoms with Crippen LogP contribution in [0.4, 0.5) is 0 Å². The lowest BCUT2D eigenvalue weighted by atomic mass is 9.99. The van der Waals surface area contributed by atoms with Crippen molar-refractivity contribution in [1.29, 1.82) is 0 Å². The Morgan fingerprint density at radius 1 is 1.39 bits per heavy atom. The fraction of sp³-hybridized carbons (Fsp3) is 0.625. The van der Waals surface area contributed by atoms with E-state index in [-0.39, 0.29) is 0 Å². The Bertz CT molecular complexity index is 408. The van der Waals surface area contributed by atoms with Gasteiger partial charge in [-0.1, -0.05) is 23.8 Å². The van der Waals surface area contributed by atoms with E-state index in [9.17, 15) is 0 Å². The summed E-state index contributed by atoms with van der Waals surface area (Å²) in [6, 6.07) is 7.21. The molecule has 2 heteroatoms. The van der Waals surface area contributed by atoms with Crippen LogP contribution >= 0.6 is 11.8 Å². The topological polar surface area (TPSA) is 12.0 Å². The van der Waals surface area contributed by atoms with E-state index in [0.717, 1.165) is 6.54 Å². The van der Waals surface area contributed by atoms with Gasteiger partial charge >= 0.3 is 0 Å². The number of nitrogens with one attached hydrogen (secondary N) is 1. The smallest absolute Gasteiger partial charge is 0.0294 e. The molecule has 1 saturated heterocycles. The van der Waals surface area contributed by atoms with Crippen LogP contribution in [0.5, 0.6) is 0 Å². The summed E-state index contributed by atoms with van der Waals surface area (Å²) in [6.45, 7) is 10.2. The number of hydrogen-bond donors (Lipinski definition) is 1. The molecule has 1 aromatic carbocycles. The van der Waals surface area contributed by atoms with Crippen molar-refractivity contribution in [2.24, 2.45) is 0 Å². The quantitative estimate of drug-likeness (QED) is 0.872. The van der Waals surface area contributed by atoms with Crippen molar-refractivity contribution >= 4 is 11.8 Å². The zero-order valence-corrected chi connectivity index (χ0v) is 12.9. The summed E-state index contributed by atoms with van der Waals surface area (Å²) in [5.41, 5.74) is 4.19. The molecule has 0 spiro atoms. The molecule has 1 aromatic rings. The van der Waals surface area contributed by atoms with Crippen molar-refractivity contribution in [3.8, 4) is 0 Å². The number of aryl methyl sites for hydroxylation is 2. The summed E-state index contributed by atoms with van der Waals surface area (Å²) in [6.07, 6.45) is 2.73. The van der Waals surface area contributed by atoms with E-state index in [0.29, 0.717) is 10.8 Å². The molecule has 2 atom stereocenters. The summed E-state index contributed by atoms with van der Waals surface area (Å²) in [5.74, 6) is 1.33. The van der Waals surface area contributed by atoms with Crippen LogP contribution in [0.25, 0.3) is 0 Å². The molecule has 2 unspecified atom stereocenters. The zero-order valence-electron chi connectivity index (χ0n) is 12.0. The summed E-state index contributed by atoms with van der Waals surface area (Å²) < 4.78 is 0.451. The minimum atomic E-state index is 0.448. The van der Waals surface area contributed by atoms with Crippen molar-refractivity contribution in [2.45, 2.75) is 51.3 Å². The van der Waals surface area contributed by atoms with E-state index in [1.165, 1.54) is 35.3 Å². The summed E-state index contributed by atoms with van der Waals surface area (Å²) >= 11 is 2.13. The molecule has 1 N–H and O–H groups in total. The first-order valence-electron chi connectivity index (χ1n) is 6.95. The second-order valence-corrected chi connectivity index (χ2v) is 7.55. The van der Waals surface area contributed by atoms with E-state index in [4.69, 9.17) is 0 Å². The summed E-state index contributed by atoms with van der Waals surface area (Å²) in [7, 11) is 0. The van der Waals surface area contributed by atoms with Gasteiger partial charge in [0.2, 0.25) is 0 Å². The highest BCUT2D eigenvalue weighted by molar-refractivity contribution is 8.00. The molecule has 1 aliphatic heterocycles. The highest BCUT2D eigenvalue weighted by Crippen LogP contribution is 2.37. The first-order valence-corrected chi connectivity index (χ1v) is 7.93. The maximum Gasteiger partial charge on any atom is 0.0294 e. The van der Waals surface area contributed by atoms with Gasteiger partial charge in [-0.3, -0.25) is 0 Å². The Morgan fingerprint density at radius 2 is 2.17 bits per heavy atom. The molecule has 100 valence electrons. The molecule has 1 aliphatic rings. The molecular weight excluding hydrogens is 238 g/mol. The van der Waals surface area contributed by atoms with Crippen LogP contribution in [0, 0.1) is 13.8 Å². The van der Waals surface area contributed by atoms with E-state index in [1.807, 2.05) is 0 Å². The maximum absolute atomic E-state index is 3.72. The van der Waals surface area contributed by atoms with E-state index in [1.54, 1.807) is 0 Å². The van der Waals surface area contributed by atoms with E-state index < -0.39 is 0 Å². The maximum atomic E-state index is 3.72. The zero-order chi connectivity index (χ0) is 13.2. The average molecular weight is 263 g/mol. The molecule has 2 rings (SSSR count). The SMILES string of the molecule is Cc1ccc(C(C)NCC2(C)CCCS2)c(C)c1. The first-order chi connectivity index (χ1) is 8.50. The van der Waals surface area contributed by atoms with Gasteiger partial charge in [-0.2, -0.15) is 11.8 Å². The van der Waals surface area contributed by atoms with Crippen molar-refractivity contribution < 1.29 is 0 Å². The van der Waals surface area contributed by atoms with Gasteiger partial charge in [-0.25, -0.2) is 0 Å². The van der Waals surface area contributed by atoms with Crippen LogP contribution in [0.2, 0.25) is 0 Å². The molecular formula is C16H25NS. The molecule has 0 aliphatic carbocycles. The minimum Gasteiger partial charge on any atom is -0.309 e. The first kappa shape index (κ1) is 14.0. The normalized spacial score (nSPS) is 25.3. The van der Waals surface area contributed by atoms with Crippen LogP contribution in [0.15, 0.2) is 18.2 Å². The molecule has 18 heavy (non-hydrogen) atoms. The van der Waals surface area contributed by atoms with Gasteiger partial charge in [0, 0.05) is 17.3 Å². The fourth-order valence-corrected chi connectivity index (χ4v) is 4.02. The Balaban J connectivity index is 1.97. The Hall–Kier alpha value is -0.470. The van der Waals surface area contributed by atoms with Gasteiger partial charge in [0.25, 0.3) is 0 Å². The van der Waals surface area contributed by atoms with Crippen molar-refractivity contribution in [1.82, 2.24) is 5.32 Å². The highest BCUT2D eigenvalue weighted by Gasteiger charge is 2.29. The lowest BCUT2D eigenvalue weighted by Gasteiger charge is -2.26. The lowest BCUT2D eigenvalue weighted by Crippen LogP contribution is -2.34. The largest absolute Gasteiger partial charge is 0.309 e. The molecule has 0 bridgehead atoms. The fourth-order valence-electron chi connectivity index (χ4n) is 2.77. The van der Waals surface area contributed by atoms with Gasteiger partial charge in [0.15, 0.2) is 0 Å². The molecule has 1 fully saturated rings. The third kappa shape index (κ3) is 3.30. The molecule has 0 saturated carbocycles. The molecule has 0 radical (unpaired) electrons. The number of benzene rings is 1. The molecule has 0 aromatic heterocycles. The Kier molecular flexibility index (Phi) is 4.39. The third-order valence-corrected chi connectivity index (χ3v) is 5.51. The predicted octanol–water partition coefficient (Wildman–Crippen LogP) is 4.24. The van der Waals surface area contributed by atoms with Gasteiger partial charge in [0.1, 0.15) is 0 Å². The molecule has 1 nitrogen and oxygen atoms in total. The van der Waals surface area contributed by atoms with Crippen molar-refractivity contribution in [3.63, 3.8) is 0 Å². The number of rotatable bonds is 4. The predicted molar refractivity (Wildman–Crippen MR) is 82.4 cm³/mol. The van der Waals surface area contributed by atoms with Gasteiger partial charge in [-0.15, -0.1) is 0 Å². The van der Waals surface area contributed by atoms with Gasteiger partial charge in [0.05, 0.1) is 0 Å². The van der Waals surface area contributed by atoms with Crippen LogP contribution in [-0.2, 0) is 0 Å². The van der Waals surface area contributed by atoms with E-state index in [2.05, 4.69) is 63.0 Å². The van der Waals surface area contributed by atoms with Crippen molar-refractivity contribution in [2.75, 3.05) is 12.3 Å². The minimum absolute atomic E-state index is 0.448. The van der Waals surface area contributed by atoms with Crippen LogP contribution in [0.3, 0.4) is 0 Å². The second-order valence-electron chi connectivity index (χ2n) is 5.86. The lowest BCUT2D eigenvalue weighted by molar-refractivity contribution is 0.489. The summed E-state index contributed by atoms with van der Waals surface area (Å²) in [5, 5.41) is 3.72. The second kappa shape index (κ2) is 5.66. The van der Waals surface area contributed by atoms with Crippen LogP contribution < -0.4 is 5.32 Å². The van der Waals surface area contributed by atoms with Gasteiger partial charge in [-0.05, 0) is 57.4 Å². The Morgan fingerprint density at radius 3 is 2.78 bits per heavy atom. The third-order valence-electron chi connectivity index (χ3n) is 3.97. The average Bonchev–Trinajstić information content (AvgIpc) is 2.74. The summed E-state index contributed by atoms with van der Waals surface area (Å²) in [4.78, 5) is 0. The molecule has 0 amide bonds. The van der Waals surface area contributed by atoms with Gasteiger partial charge < -0.3 is 5.32 Å². The number of thioether (sulfide) groups is 1. The van der Waals surface area contributed by atoms with Crippen LogP contribution in [0.1, 0.15) is 49.4 Å². The van der Waals surface area contributed by atoms with Crippen LogP contribution in [-0.4, -0.2) is 17.0 Å². The highest BCUT2D eigenvalue weighted by atomic mass is 32.2. The van der Waals surface area contributed by atoms with E-state index >= 15 is 0 Å². The van der Waals surface area contributed by atoms with Crippen molar-refractivity contribution in [3.05, 3.63) is 34.9 Å². The monoisotopic (exact) mass is 263 g/mol. The molecule has 1 heterocycles. The standard InChI is InChI=1S/C16H25NS/c1-12-6-7-15(13(2)10-12)14(3)17-11-16(4)8-5-9-18-16/h6-7,10,14,17H,5,8-9,11H2,1-4H3.